The summed E-state index contributed by atoms with van der Waals surface area (Å²) in [6.45, 7) is 4.59. The van der Waals surface area contributed by atoms with E-state index in [0.717, 1.165) is 29.1 Å². The van der Waals surface area contributed by atoms with E-state index in [1.165, 1.54) is 0 Å². The van der Waals surface area contributed by atoms with Gasteiger partial charge in [-0.1, -0.05) is 6.92 Å². The molecule has 2 rings (SSSR count). The van der Waals surface area contributed by atoms with Crippen molar-refractivity contribution in [3.8, 4) is 0 Å². The molecule has 0 aliphatic heterocycles. The van der Waals surface area contributed by atoms with E-state index in [4.69, 9.17) is 21.1 Å². The Balaban J connectivity index is 2.19. The maximum Gasteiger partial charge on any atom is 0.158 e. The standard InChI is InChI=1S/C13H21ClN4O2/c1-4-10-12-13(17(2)16-10)18(11(9-14)15-12)5-6-20-8-7-19-3/h4-9H2,1-3H3. The molecule has 0 aliphatic carbocycles. The Morgan fingerprint density at radius 2 is 2.05 bits per heavy atom. The Labute approximate surface area is 123 Å². The van der Waals surface area contributed by atoms with Crippen LogP contribution in [0.1, 0.15) is 18.4 Å². The molecule has 0 aromatic carbocycles. The van der Waals surface area contributed by atoms with E-state index < -0.39 is 0 Å². The maximum absolute atomic E-state index is 6.00. The molecule has 0 aliphatic rings. The minimum absolute atomic E-state index is 0.385. The number of hydrogen-bond acceptors (Lipinski definition) is 4. The Kier molecular flexibility index (Phi) is 5.39. The molecule has 7 heteroatoms. The van der Waals surface area contributed by atoms with Crippen LogP contribution in [0.2, 0.25) is 0 Å². The van der Waals surface area contributed by atoms with Crippen LogP contribution in [-0.2, 0) is 35.4 Å². The van der Waals surface area contributed by atoms with Crippen molar-refractivity contribution in [3.63, 3.8) is 0 Å². The Morgan fingerprint density at radius 1 is 1.25 bits per heavy atom. The zero-order valence-corrected chi connectivity index (χ0v) is 13.0. The van der Waals surface area contributed by atoms with Crippen LogP contribution in [-0.4, -0.2) is 46.3 Å². The lowest BCUT2D eigenvalue weighted by molar-refractivity contribution is 0.0666. The minimum atomic E-state index is 0.385. The highest BCUT2D eigenvalue weighted by molar-refractivity contribution is 6.16. The number of hydrogen-bond donors (Lipinski definition) is 0. The van der Waals surface area contributed by atoms with Gasteiger partial charge in [0.1, 0.15) is 11.3 Å². The molecule has 20 heavy (non-hydrogen) atoms. The number of nitrogens with zero attached hydrogens (tertiary/aromatic N) is 4. The van der Waals surface area contributed by atoms with Gasteiger partial charge in [-0.15, -0.1) is 11.6 Å². The summed E-state index contributed by atoms with van der Waals surface area (Å²) in [6.07, 6.45) is 0.862. The van der Waals surface area contributed by atoms with Gasteiger partial charge >= 0.3 is 0 Å². The molecule has 0 fully saturated rings. The van der Waals surface area contributed by atoms with Crippen molar-refractivity contribution < 1.29 is 9.47 Å². The van der Waals surface area contributed by atoms with Crippen molar-refractivity contribution in [2.24, 2.45) is 7.05 Å². The average molecular weight is 301 g/mol. The minimum Gasteiger partial charge on any atom is -0.382 e. The van der Waals surface area contributed by atoms with E-state index in [-0.39, 0.29) is 0 Å². The largest absolute Gasteiger partial charge is 0.382 e. The summed E-state index contributed by atoms with van der Waals surface area (Å²) in [5, 5.41) is 4.49. The second-order valence-electron chi connectivity index (χ2n) is 4.51. The molecule has 0 bridgehead atoms. The molecule has 112 valence electrons. The van der Waals surface area contributed by atoms with E-state index >= 15 is 0 Å². The summed E-state index contributed by atoms with van der Waals surface area (Å²) in [5.41, 5.74) is 2.96. The predicted octanol–water partition coefficient (Wildman–Crippen LogP) is 1.73. The molecular formula is C13H21ClN4O2. The quantitative estimate of drug-likeness (QED) is 0.550. The van der Waals surface area contributed by atoms with E-state index in [1.807, 2.05) is 11.7 Å². The van der Waals surface area contributed by atoms with Crippen molar-refractivity contribution in [2.75, 3.05) is 26.9 Å². The smallest absolute Gasteiger partial charge is 0.158 e. The molecule has 0 radical (unpaired) electrons. The van der Waals surface area contributed by atoms with Gasteiger partial charge in [0, 0.05) is 20.7 Å². The number of alkyl halides is 1. The lowest BCUT2D eigenvalue weighted by Gasteiger charge is -2.08. The number of methoxy groups -OCH3 is 1. The molecule has 0 amide bonds. The molecule has 0 atom stereocenters. The van der Waals surface area contributed by atoms with Crippen LogP contribution in [0.25, 0.3) is 11.2 Å². The van der Waals surface area contributed by atoms with Gasteiger partial charge in [0.15, 0.2) is 5.65 Å². The fourth-order valence-electron chi connectivity index (χ4n) is 2.26. The summed E-state index contributed by atoms with van der Waals surface area (Å²) in [4.78, 5) is 4.61. The zero-order chi connectivity index (χ0) is 14.5. The maximum atomic E-state index is 6.00. The van der Waals surface area contributed by atoms with Crippen LogP contribution in [0, 0.1) is 0 Å². The highest BCUT2D eigenvalue weighted by Crippen LogP contribution is 2.21. The van der Waals surface area contributed by atoms with Crippen molar-refractivity contribution in [1.29, 1.82) is 0 Å². The normalized spacial score (nSPS) is 11.6. The number of rotatable bonds is 8. The average Bonchev–Trinajstić information content (AvgIpc) is 2.96. The number of imidazole rings is 1. The molecule has 6 nitrogen and oxygen atoms in total. The first kappa shape index (κ1) is 15.3. The molecular weight excluding hydrogens is 280 g/mol. The molecule has 0 spiro atoms. The fourth-order valence-corrected chi connectivity index (χ4v) is 2.47. The Hall–Kier alpha value is -1.11. The molecule has 2 heterocycles. The summed E-state index contributed by atoms with van der Waals surface area (Å²) < 4.78 is 14.4. The van der Waals surface area contributed by atoms with Gasteiger partial charge in [-0.2, -0.15) is 5.10 Å². The summed E-state index contributed by atoms with van der Waals surface area (Å²) in [7, 11) is 3.60. The molecule has 0 unspecified atom stereocenters. The highest BCUT2D eigenvalue weighted by atomic mass is 35.5. The van der Waals surface area contributed by atoms with Crippen LogP contribution >= 0.6 is 11.6 Å². The zero-order valence-electron chi connectivity index (χ0n) is 12.2. The van der Waals surface area contributed by atoms with Gasteiger partial charge in [-0.3, -0.25) is 4.68 Å². The van der Waals surface area contributed by atoms with Gasteiger partial charge < -0.3 is 14.0 Å². The topological polar surface area (TPSA) is 54.1 Å². The molecule has 0 saturated heterocycles. The first-order valence-electron chi connectivity index (χ1n) is 6.76. The second-order valence-corrected chi connectivity index (χ2v) is 4.78. The van der Waals surface area contributed by atoms with Gasteiger partial charge in [0.25, 0.3) is 0 Å². The van der Waals surface area contributed by atoms with Crippen molar-refractivity contribution in [2.45, 2.75) is 25.8 Å². The van der Waals surface area contributed by atoms with Crippen LogP contribution in [0.5, 0.6) is 0 Å². The Bertz CT molecular complexity index is 564. The highest BCUT2D eigenvalue weighted by Gasteiger charge is 2.17. The van der Waals surface area contributed by atoms with Crippen LogP contribution in [0.3, 0.4) is 0 Å². The molecule has 0 saturated carbocycles. The third kappa shape index (κ3) is 2.97. The van der Waals surface area contributed by atoms with Crippen molar-refractivity contribution >= 4 is 22.8 Å². The summed E-state index contributed by atoms with van der Waals surface area (Å²) in [5.74, 6) is 1.25. The second kappa shape index (κ2) is 7.06. The fraction of sp³-hybridized carbons (Fsp3) is 0.692. The number of aryl methyl sites for hydroxylation is 2. The summed E-state index contributed by atoms with van der Waals surface area (Å²) >= 11 is 6.00. The lowest BCUT2D eigenvalue weighted by Crippen LogP contribution is -2.12. The van der Waals surface area contributed by atoms with E-state index in [1.54, 1.807) is 7.11 Å². The SMILES string of the molecule is CCc1nn(C)c2c1nc(CCl)n2CCOCCOC. The molecule has 2 aromatic heterocycles. The number of halogens is 1. The lowest BCUT2D eigenvalue weighted by atomic mass is 10.3. The first-order chi connectivity index (χ1) is 9.72. The first-order valence-corrected chi connectivity index (χ1v) is 7.30. The summed E-state index contributed by atoms with van der Waals surface area (Å²) in [6, 6.07) is 0. The van der Waals surface area contributed by atoms with Crippen molar-refractivity contribution in [1.82, 2.24) is 19.3 Å². The number of ether oxygens (including phenoxy) is 2. The Morgan fingerprint density at radius 3 is 2.70 bits per heavy atom. The molecule has 0 N–H and O–H groups in total. The van der Waals surface area contributed by atoms with Gasteiger partial charge in [-0.25, -0.2) is 4.98 Å². The van der Waals surface area contributed by atoms with Gasteiger partial charge in [-0.05, 0) is 6.42 Å². The van der Waals surface area contributed by atoms with Crippen LogP contribution in [0.4, 0.5) is 0 Å². The monoisotopic (exact) mass is 300 g/mol. The van der Waals surface area contributed by atoms with Gasteiger partial charge in [0.2, 0.25) is 0 Å². The molecule has 2 aromatic rings. The van der Waals surface area contributed by atoms with E-state index in [2.05, 4.69) is 21.6 Å². The third-order valence-corrected chi connectivity index (χ3v) is 3.45. The number of fused-ring (bicyclic) bond motifs is 1. The van der Waals surface area contributed by atoms with Crippen LogP contribution in [0.15, 0.2) is 0 Å². The number of aromatic nitrogens is 4. The predicted molar refractivity (Wildman–Crippen MR) is 78.1 cm³/mol. The van der Waals surface area contributed by atoms with Crippen LogP contribution < -0.4 is 0 Å². The van der Waals surface area contributed by atoms with Gasteiger partial charge in [0.05, 0.1) is 31.4 Å². The van der Waals surface area contributed by atoms with E-state index in [9.17, 15) is 0 Å². The van der Waals surface area contributed by atoms with E-state index in [0.29, 0.717) is 32.2 Å². The van der Waals surface area contributed by atoms with Crippen molar-refractivity contribution in [3.05, 3.63) is 11.5 Å². The third-order valence-electron chi connectivity index (χ3n) is 3.22.